The third-order valence-corrected chi connectivity index (χ3v) is 2.11. The van der Waals surface area contributed by atoms with Crippen LogP contribution in [0.3, 0.4) is 0 Å². The lowest BCUT2D eigenvalue weighted by molar-refractivity contribution is 0.0734. The van der Waals surface area contributed by atoms with Gasteiger partial charge in [-0.2, -0.15) is 5.26 Å². The lowest BCUT2D eigenvalue weighted by Crippen LogP contribution is -2.08. The molecule has 17 heavy (non-hydrogen) atoms. The van der Waals surface area contributed by atoms with Gasteiger partial charge in [0.05, 0.1) is 17.2 Å². The van der Waals surface area contributed by atoms with Gasteiger partial charge in [-0.1, -0.05) is 0 Å². The number of pyridine rings is 1. The summed E-state index contributed by atoms with van der Waals surface area (Å²) in [6, 6.07) is 11.5. The van der Waals surface area contributed by atoms with E-state index in [0.717, 1.165) is 0 Å². The quantitative estimate of drug-likeness (QED) is 0.579. The van der Waals surface area contributed by atoms with Gasteiger partial charge in [0, 0.05) is 12.4 Å². The maximum atomic E-state index is 11.7. The van der Waals surface area contributed by atoms with Crippen molar-refractivity contribution in [2.24, 2.45) is 0 Å². The number of nitrogens with zero attached hydrogens (tertiary/aromatic N) is 2. The van der Waals surface area contributed by atoms with Crippen molar-refractivity contribution in [2.75, 3.05) is 0 Å². The van der Waals surface area contributed by atoms with Crippen LogP contribution in [0, 0.1) is 11.3 Å². The van der Waals surface area contributed by atoms with Crippen LogP contribution in [-0.2, 0) is 0 Å². The summed E-state index contributed by atoms with van der Waals surface area (Å²) in [5.41, 5.74) is 0.957. The SMILES string of the molecule is N#Cc1ccc(OC(=O)c2ccncc2)cc1. The molecule has 2 aromatic rings. The maximum Gasteiger partial charge on any atom is 0.343 e. The van der Waals surface area contributed by atoms with Crippen molar-refractivity contribution in [3.63, 3.8) is 0 Å². The first-order valence-electron chi connectivity index (χ1n) is 4.92. The second-order valence-electron chi connectivity index (χ2n) is 3.26. The van der Waals surface area contributed by atoms with Crippen LogP contribution in [0.1, 0.15) is 15.9 Å². The van der Waals surface area contributed by atoms with Gasteiger partial charge in [0.1, 0.15) is 5.75 Å². The molecule has 4 nitrogen and oxygen atoms in total. The Morgan fingerprint density at radius 3 is 2.35 bits per heavy atom. The highest BCUT2D eigenvalue weighted by Crippen LogP contribution is 2.13. The monoisotopic (exact) mass is 224 g/mol. The van der Waals surface area contributed by atoms with Crippen molar-refractivity contribution in [1.29, 1.82) is 5.26 Å². The molecule has 1 heterocycles. The van der Waals surface area contributed by atoms with Crippen molar-refractivity contribution in [3.05, 3.63) is 59.9 Å². The van der Waals surface area contributed by atoms with Gasteiger partial charge < -0.3 is 4.74 Å². The van der Waals surface area contributed by atoms with E-state index in [1.807, 2.05) is 6.07 Å². The summed E-state index contributed by atoms with van der Waals surface area (Å²) >= 11 is 0. The van der Waals surface area contributed by atoms with Crippen molar-refractivity contribution < 1.29 is 9.53 Å². The van der Waals surface area contributed by atoms with Crippen LogP contribution in [0.4, 0.5) is 0 Å². The molecule has 0 aliphatic rings. The summed E-state index contributed by atoms with van der Waals surface area (Å²) in [6.45, 7) is 0. The third kappa shape index (κ3) is 2.67. The molecule has 0 radical (unpaired) electrons. The number of aromatic nitrogens is 1. The Hall–Kier alpha value is -2.67. The molecule has 1 aromatic heterocycles. The van der Waals surface area contributed by atoms with Crippen LogP contribution >= 0.6 is 0 Å². The number of benzene rings is 1. The summed E-state index contributed by atoms with van der Waals surface area (Å²) in [7, 11) is 0. The van der Waals surface area contributed by atoms with Gasteiger partial charge in [-0.05, 0) is 36.4 Å². The van der Waals surface area contributed by atoms with Crippen molar-refractivity contribution in [3.8, 4) is 11.8 Å². The van der Waals surface area contributed by atoms with E-state index in [0.29, 0.717) is 16.9 Å². The molecule has 0 saturated carbocycles. The van der Waals surface area contributed by atoms with E-state index >= 15 is 0 Å². The number of ether oxygens (including phenoxy) is 1. The zero-order valence-electron chi connectivity index (χ0n) is 8.83. The Balaban J connectivity index is 2.11. The molecular weight excluding hydrogens is 216 g/mol. The fourth-order valence-corrected chi connectivity index (χ4v) is 1.25. The molecule has 0 N–H and O–H groups in total. The fourth-order valence-electron chi connectivity index (χ4n) is 1.25. The minimum Gasteiger partial charge on any atom is -0.423 e. The van der Waals surface area contributed by atoms with Crippen molar-refractivity contribution in [2.45, 2.75) is 0 Å². The lowest BCUT2D eigenvalue weighted by Gasteiger charge is -2.03. The number of esters is 1. The molecule has 82 valence electrons. The van der Waals surface area contributed by atoms with Crippen molar-refractivity contribution >= 4 is 5.97 Å². The molecule has 0 atom stereocenters. The molecule has 4 heteroatoms. The van der Waals surface area contributed by atoms with Crippen molar-refractivity contribution in [1.82, 2.24) is 4.98 Å². The van der Waals surface area contributed by atoms with E-state index < -0.39 is 5.97 Å². The van der Waals surface area contributed by atoms with Gasteiger partial charge in [-0.15, -0.1) is 0 Å². The van der Waals surface area contributed by atoms with Gasteiger partial charge in [0.25, 0.3) is 0 Å². The minimum atomic E-state index is -0.447. The number of hydrogen-bond donors (Lipinski definition) is 0. The largest absolute Gasteiger partial charge is 0.423 e. The normalized spacial score (nSPS) is 9.35. The average molecular weight is 224 g/mol. The number of hydrogen-bond acceptors (Lipinski definition) is 4. The minimum absolute atomic E-state index is 0.408. The highest BCUT2D eigenvalue weighted by molar-refractivity contribution is 5.90. The molecule has 2 rings (SSSR count). The van der Waals surface area contributed by atoms with Crippen LogP contribution in [-0.4, -0.2) is 11.0 Å². The number of rotatable bonds is 2. The Kier molecular flexibility index (Phi) is 3.13. The molecule has 1 aromatic carbocycles. The first-order chi connectivity index (χ1) is 8.29. The van der Waals surface area contributed by atoms with E-state index in [4.69, 9.17) is 10.00 Å². The summed E-state index contributed by atoms with van der Waals surface area (Å²) in [5, 5.41) is 8.62. The topological polar surface area (TPSA) is 63.0 Å². The fraction of sp³-hybridized carbons (Fsp3) is 0. The Morgan fingerprint density at radius 1 is 1.12 bits per heavy atom. The van der Waals surface area contributed by atoms with E-state index in [1.54, 1.807) is 36.4 Å². The molecule has 0 saturated heterocycles. The molecule has 0 unspecified atom stereocenters. The van der Waals surface area contributed by atoms with Crippen LogP contribution in [0.25, 0.3) is 0 Å². The molecular formula is C13H8N2O2. The molecule has 0 aliphatic carbocycles. The summed E-state index contributed by atoms with van der Waals surface area (Å²) in [6.07, 6.45) is 3.05. The Labute approximate surface area is 98.1 Å². The lowest BCUT2D eigenvalue weighted by atomic mass is 10.2. The first kappa shape index (κ1) is 10.8. The maximum absolute atomic E-state index is 11.7. The van der Waals surface area contributed by atoms with Crippen LogP contribution in [0.15, 0.2) is 48.8 Å². The average Bonchev–Trinajstić information content (AvgIpc) is 2.40. The second kappa shape index (κ2) is 4.90. The van der Waals surface area contributed by atoms with Gasteiger partial charge in [0.2, 0.25) is 0 Å². The zero-order valence-corrected chi connectivity index (χ0v) is 8.83. The van der Waals surface area contributed by atoms with Gasteiger partial charge in [-0.25, -0.2) is 4.79 Å². The van der Waals surface area contributed by atoms with E-state index in [2.05, 4.69) is 4.98 Å². The van der Waals surface area contributed by atoms with Gasteiger partial charge in [-0.3, -0.25) is 4.98 Å². The molecule has 0 aliphatic heterocycles. The molecule has 0 amide bonds. The molecule has 0 spiro atoms. The van der Waals surface area contributed by atoms with Gasteiger partial charge >= 0.3 is 5.97 Å². The number of carbonyl (C=O) groups excluding carboxylic acids is 1. The standard InChI is InChI=1S/C13H8N2O2/c14-9-10-1-3-12(4-2-10)17-13(16)11-5-7-15-8-6-11/h1-8H. The van der Waals surface area contributed by atoms with Crippen LogP contribution in [0.2, 0.25) is 0 Å². The summed E-state index contributed by atoms with van der Waals surface area (Å²) in [4.78, 5) is 15.5. The third-order valence-electron chi connectivity index (χ3n) is 2.11. The van der Waals surface area contributed by atoms with E-state index in [1.165, 1.54) is 12.4 Å². The Morgan fingerprint density at radius 2 is 1.76 bits per heavy atom. The highest BCUT2D eigenvalue weighted by atomic mass is 16.5. The summed E-state index contributed by atoms with van der Waals surface area (Å²) in [5.74, 6) is -0.0390. The van der Waals surface area contributed by atoms with Crippen LogP contribution in [0.5, 0.6) is 5.75 Å². The smallest absolute Gasteiger partial charge is 0.343 e. The summed E-state index contributed by atoms with van der Waals surface area (Å²) < 4.78 is 5.12. The number of carbonyl (C=O) groups is 1. The van der Waals surface area contributed by atoms with Crippen LogP contribution < -0.4 is 4.74 Å². The Bertz CT molecular complexity index is 556. The predicted octanol–water partition coefficient (Wildman–Crippen LogP) is 2.17. The zero-order chi connectivity index (χ0) is 12.1. The molecule has 0 fully saturated rings. The van der Waals surface area contributed by atoms with Gasteiger partial charge in [0.15, 0.2) is 0 Å². The first-order valence-corrected chi connectivity index (χ1v) is 4.92. The highest BCUT2D eigenvalue weighted by Gasteiger charge is 2.07. The van der Waals surface area contributed by atoms with E-state index in [-0.39, 0.29) is 0 Å². The predicted molar refractivity (Wildman–Crippen MR) is 60.4 cm³/mol. The number of nitriles is 1. The second-order valence-corrected chi connectivity index (χ2v) is 3.26. The van der Waals surface area contributed by atoms with E-state index in [9.17, 15) is 4.79 Å². The molecule has 0 bridgehead atoms.